The van der Waals surface area contributed by atoms with E-state index >= 15 is 0 Å². The molecule has 7 nitrogen and oxygen atoms in total. The van der Waals surface area contributed by atoms with Crippen molar-refractivity contribution in [1.82, 2.24) is 24.3 Å². The fourth-order valence-electron chi connectivity index (χ4n) is 3.11. The number of amides is 1. The summed E-state index contributed by atoms with van der Waals surface area (Å²) >= 11 is 0. The molecule has 28 heavy (non-hydrogen) atoms. The molecule has 0 bridgehead atoms. The van der Waals surface area contributed by atoms with Crippen LogP contribution in [-0.4, -0.2) is 38.6 Å². The third kappa shape index (κ3) is 3.65. The lowest BCUT2D eigenvalue weighted by Crippen LogP contribution is -2.23. The predicted molar refractivity (Wildman–Crippen MR) is 106 cm³/mol. The van der Waals surface area contributed by atoms with Crippen molar-refractivity contribution < 1.29 is 9.53 Å². The minimum atomic E-state index is -0.139. The number of nitrogens with one attached hydrogen (secondary N) is 1. The van der Waals surface area contributed by atoms with Gasteiger partial charge in [0.1, 0.15) is 5.69 Å². The number of imidazole rings is 1. The first-order valence-corrected chi connectivity index (χ1v) is 9.05. The second-order valence-electron chi connectivity index (χ2n) is 6.39. The van der Waals surface area contributed by atoms with Crippen molar-refractivity contribution in [2.45, 2.75) is 13.1 Å². The van der Waals surface area contributed by atoms with Gasteiger partial charge in [-0.15, -0.1) is 0 Å². The zero-order chi connectivity index (χ0) is 19.3. The van der Waals surface area contributed by atoms with Crippen LogP contribution < -0.4 is 5.32 Å². The largest absolute Gasteiger partial charge is 0.383 e. The van der Waals surface area contributed by atoms with Crippen molar-refractivity contribution in [1.29, 1.82) is 0 Å². The van der Waals surface area contributed by atoms with E-state index in [4.69, 9.17) is 4.74 Å². The average Bonchev–Trinajstić information content (AvgIpc) is 3.36. The first kappa shape index (κ1) is 17.9. The molecule has 0 unspecified atom stereocenters. The van der Waals surface area contributed by atoms with Gasteiger partial charge < -0.3 is 19.0 Å². The maximum Gasteiger partial charge on any atom is 0.253 e. The molecule has 0 atom stereocenters. The van der Waals surface area contributed by atoms with E-state index in [-0.39, 0.29) is 5.91 Å². The SMILES string of the molecule is COCCn1cnc(-c2cc(C(=O)NCc3ccccn3)c3ccccn23)c1. The molecule has 4 rings (SSSR count). The Morgan fingerprint density at radius 2 is 2.07 bits per heavy atom. The van der Waals surface area contributed by atoms with Crippen LogP contribution in [0.2, 0.25) is 0 Å². The Bertz CT molecular complexity index is 1080. The molecule has 1 amide bonds. The number of ether oxygens (including phenoxy) is 1. The van der Waals surface area contributed by atoms with E-state index in [1.54, 1.807) is 19.6 Å². The number of aromatic nitrogens is 4. The quantitative estimate of drug-likeness (QED) is 0.539. The molecule has 0 fully saturated rings. The van der Waals surface area contributed by atoms with Gasteiger partial charge in [0.15, 0.2) is 0 Å². The molecule has 1 N–H and O–H groups in total. The summed E-state index contributed by atoms with van der Waals surface area (Å²) in [4.78, 5) is 21.6. The zero-order valence-electron chi connectivity index (χ0n) is 15.6. The lowest BCUT2D eigenvalue weighted by Gasteiger charge is -2.04. The van der Waals surface area contributed by atoms with Crippen LogP contribution in [0, 0.1) is 0 Å². The van der Waals surface area contributed by atoms with Crippen molar-refractivity contribution in [3.8, 4) is 11.4 Å². The van der Waals surface area contributed by atoms with Crippen LogP contribution in [0.1, 0.15) is 16.1 Å². The highest BCUT2D eigenvalue weighted by molar-refractivity contribution is 6.02. The van der Waals surface area contributed by atoms with E-state index in [0.717, 1.165) is 29.1 Å². The van der Waals surface area contributed by atoms with E-state index in [9.17, 15) is 4.79 Å². The first-order valence-electron chi connectivity index (χ1n) is 9.05. The van der Waals surface area contributed by atoms with Crippen molar-refractivity contribution in [2.24, 2.45) is 0 Å². The lowest BCUT2D eigenvalue weighted by atomic mass is 10.2. The molecule has 0 spiro atoms. The molecule has 0 saturated heterocycles. The summed E-state index contributed by atoms with van der Waals surface area (Å²) in [6.07, 6.45) is 7.39. The Morgan fingerprint density at radius 1 is 1.18 bits per heavy atom. The van der Waals surface area contributed by atoms with Crippen LogP contribution in [0.25, 0.3) is 16.9 Å². The minimum Gasteiger partial charge on any atom is -0.383 e. The van der Waals surface area contributed by atoms with E-state index in [2.05, 4.69) is 15.3 Å². The Morgan fingerprint density at radius 3 is 2.89 bits per heavy atom. The van der Waals surface area contributed by atoms with Crippen molar-refractivity contribution in [3.63, 3.8) is 0 Å². The maximum atomic E-state index is 12.8. The van der Waals surface area contributed by atoms with Crippen molar-refractivity contribution in [2.75, 3.05) is 13.7 Å². The predicted octanol–water partition coefficient (Wildman–Crippen LogP) is 2.77. The summed E-state index contributed by atoms with van der Waals surface area (Å²) in [5.41, 5.74) is 3.94. The number of carbonyl (C=O) groups is 1. The van der Waals surface area contributed by atoms with E-state index in [1.165, 1.54) is 0 Å². The molecule has 4 aromatic heterocycles. The smallest absolute Gasteiger partial charge is 0.253 e. The van der Waals surface area contributed by atoms with Crippen molar-refractivity contribution >= 4 is 11.4 Å². The molecule has 4 heterocycles. The van der Waals surface area contributed by atoms with Crippen LogP contribution in [0.3, 0.4) is 0 Å². The standard InChI is InChI=1S/C21H21N5O2/c1-28-11-10-25-14-18(24-15-25)20-12-17(19-7-3-5-9-26(19)20)21(27)23-13-16-6-2-4-8-22-16/h2-9,12,14-15H,10-11,13H2,1H3,(H,23,27). The fraction of sp³-hybridized carbons (Fsp3) is 0.190. The molecule has 0 aliphatic carbocycles. The lowest BCUT2D eigenvalue weighted by molar-refractivity contribution is 0.0952. The summed E-state index contributed by atoms with van der Waals surface area (Å²) in [5, 5.41) is 2.95. The normalized spacial score (nSPS) is 11.0. The van der Waals surface area contributed by atoms with Crippen LogP contribution in [0.5, 0.6) is 0 Å². The molecule has 4 aromatic rings. The van der Waals surface area contributed by atoms with Crippen LogP contribution in [-0.2, 0) is 17.8 Å². The first-order chi connectivity index (χ1) is 13.8. The number of hydrogen-bond donors (Lipinski definition) is 1. The summed E-state index contributed by atoms with van der Waals surface area (Å²) < 4.78 is 9.08. The third-order valence-electron chi connectivity index (χ3n) is 4.53. The summed E-state index contributed by atoms with van der Waals surface area (Å²) in [5.74, 6) is -0.139. The summed E-state index contributed by atoms with van der Waals surface area (Å²) in [7, 11) is 1.67. The van der Waals surface area contributed by atoms with Crippen LogP contribution in [0.15, 0.2) is 67.4 Å². The zero-order valence-corrected chi connectivity index (χ0v) is 15.6. The molecule has 0 aliphatic rings. The highest BCUT2D eigenvalue weighted by Crippen LogP contribution is 2.25. The summed E-state index contributed by atoms with van der Waals surface area (Å²) in [6.45, 7) is 1.72. The second-order valence-corrected chi connectivity index (χ2v) is 6.39. The van der Waals surface area contributed by atoms with Gasteiger partial charge in [-0.25, -0.2) is 4.98 Å². The molecule has 7 heteroatoms. The third-order valence-corrected chi connectivity index (χ3v) is 4.53. The van der Waals surface area contributed by atoms with Gasteiger partial charge in [0.05, 0.1) is 41.9 Å². The number of hydrogen-bond acceptors (Lipinski definition) is 4. The van der Waals surface area contributed by atoms with Crippen LogP contribution in [0.4, 0.5) is 0 Å². The number of methoxy groups -OCH3 is 1. The molecular weight excluding hydrogens is 354 g/mol. The Kier molecular flexibility index (Phi) is 5.16. The second kappa shape index (κ2) is 8.06. The monoisotopic (exact) mass is 375 g/mol. The maximum absolute atomic E-state index is 12.8. The minimum absolute atomic E-state index is 0.139. The van der Waals surface area contributed by atoms with Gasteiger partial charge in [0.2, 0.25) is 0 Å². The molecular formula is C21H21N5O2. The van der Waals surface area contributed by atoms with Gasteiger partial charge in [-0.2, -0.15) is 0 Å². The highest BCUT2D eigenvalue weighted by Gasteiger charge is 2.17. The van der Waals surface area contributed by atoms with Gasteiger partial charge in [0.25, 0.3) is 5.91 Å². The number of fused-ring (bicyclic) bond motifs is 1. The molecule has 0 aliphatic heterocycles. The van der Waals surface area contributed by atoms with E-state index in [0.29, 0.717) is 18.7 Å². The molecule has 0 radical (unpaired) electrons. The number of nitrogens with zero attached hydrogens (tertiary/aromatic N) is 4. The topological polar surface area (TPSA) is 73.5 Å². The van der Waals surface area contributed by atoms with Gasteiger partial charge >= 0.3 is 0 Å². The number of carbonyl (C=O) groups excluding carboxylic acids is 1. The number of pyridine rings is 2. The van der Waals surface area contributed by atoms with E-state index in [1.807, 2.05) is 63.8 Å². The van der Waals surface area contributed by atoms with E-state index < -0.39 is 0 Å². The molecule has 142 valence electrons. The van der Waals surface area contributed by atoms with Crippen LogP contribution >= 0.6 is 0 Å². The van der Waals surface area contributed by atoms with Gasteiger partial charge in [-0.1, -0.05) is 12.1 Å². The van der Waals surface area contributed by atoms with Gasteiger partial charge in [0, 0.05) is 32.2 Å². The van der Waals surface area contributed by atoms with Crippen molar-refractivity contribution in [3.05, 3.63) is 78.6 Å². The summed E-state index contributed by atoms with van der Waals surface area (Å²) in [6, 6.07) is 13.3. The molecule has 0 saturated carbocycles. The van der Waals surface area contributed by atoms with Gasteiger partial charge in [-0.3, -0.25) is 9.78 Å². The average molecular weight is 375 g/mol. The fourth-order valence-corrected chi connectivity index (χ4v) is 3.11. The highest BCUT2D eigenvalue weighted by atomic mass is 16.5. The Labute approximate surface area is 162 Å². The number of rotatable bonds is 7. The Balaban J connectivity index is 1.62. The van der Waals surface area contributed by atoms with Gasteiger partial charge in [-0.05, 0) is 30.3 Å². The Hall–Kier alpha value is -3.45. The molecule has 0 aromatic carbocycles.